The number of aromatic nitrogens is 2. The van der Waals surface area contributed by atoms with Crippen molar-refractivity contribution in [1.82, 2.24) is 14.7 Å². The molecule has 1 saturated heterocycles. The predicted octanol–water partition coefficient (Wildman–Crippen LogP) is 3.60. The van der Waals surface area contributed by atoms with E-state index in [4.69, 9.17) is 9.72 Å². The molecular weight excluding hydrogens is 314 g/mol. The van der Waals surface area contributed by atoms with Crippen LogP contribution < -0.4 is 5.32 Å². The number of rotatable bonds is 3. The zero-order chi connectivity index (χ0) is 17.2. The van der Waals surface area contributed by atoms with Crippen molar-refractivity contribution in [1.29, 1.82) is 0 Å². The molecule has 2 aromatic heterocycles. The standard InChI is InChI=1S/C20H27N3O2/c1-14-13-18(15-8-11-25-12-9-15)22-19-17(7-10-23(14)19)20(24)21-16-5-3-2-4-6-16/h7,10,13,15-16H,2-6,8-9,11-12H2,1H3,(H,21,24). The number of carbonyl (C=O) groups excluding carboxylic acids is 1. The highest BCUT2D eigenvalue weighted by Gasteiger charge is 2.22. The van der Waals surface area contributed by atoms with E-state index in [1.165, 1.54) is 19.3 Å². The largest absolute Gasteiger partial charge is 0.381 e. The summed E-state index contributed by atoms with van der Waals surface area (Å²) in [5.41, 5.74) is 3.71. The summed E-state index contributed by atoms with van der Waals surface area (Å²) in [7, 11) is 0. The van der Waals surface area contributed by atoms with Crippen molar-refractivity contribution in [3.8, 4) is 0 Å². The molecule has 25 heavy (non-hydrogen) atoms. The van der Waals surface area contributed by atoms with Gasteiger partial charge in [-0.15, -0.1) is 0 Å². The fraction of sp³-hybridized carbons (Fsp3) is 0.600. The summed E-state index contributed by atoms with van der Waals surface area (Å²) in [6.07, 6.45) is 9.88. The summed E-state index contributed by atoms with van der Waals surface area (Å²) in [5.74, 6) is 0.451. The lowest BCUT2D eigenvalue weighted by Gasteiger charge is -2.23. The SMILES string of the molecule is Cc1cc(C2CCOCC2)nc2c(C(=O)NC3CCCCC3)ccn12. The molecule has 2 aliphatic rings. The molecule has 2 aromatic rings. The topological polar surface area (TPSA) is 55.6 Å². The lowest BCUT2D eigenvalue weighted by molar-refractivity contribution is 0.0845. The molecule has 1 aliphatic heterocycles. The average Bonchev–Trinajstić information content (AvgIpc) is 3.08. The number of aryl methyl sites for hydroxylation is 1. The van der Waals surface area contributed by atoms with Gasteiger partial charge in [-0.05, 0) is 44.7 Å². The molecule has 0 bridgehead atoms. The van der Waals surface area contributed by atoms with Crippen LogP contribution in [0.25, 0.3) is 5.65 Å². The van der Waals surface area contributed by atoms with E-state index >= 15 is 0 Å². The van der Waals surface area contributed by atoms with Gasteiger partial charge in [-0.25, -0.2) is 4.98 Å². The van der Waals surface area contributed by atoms with Gasteiger partial charge in [-0.2, -0.15) is 0 Å². The van der Waals surface area contributed by atoms with Crippen LogP contribution in [0.4, 0.5) is 0 Å². The lowest BCUT2D eigenvalue weighted by Crippen LogP contribution is -2.36. The van der Waals surface area contributed by atoms with Gasteiger partial charge in [-0.1, -0.05) is 19.3 Å². The van der Waals surface area contributed by atoms with Gasteiger partial charge in [0.25, 0.3) is 5.91 Å². The number of ether oxygens (including phenoxy) is 1. The normalized spacial score (nSPS) is 20.0. The number of nitrogens with zero attached hydrogens (tertiary/aromatic N) is 2. The molecule has 1 saturated carbocycles. The molecule has 0 atom stereocenters. The fourth-order valence-corrected chi connectivity index (χ4v) is 4.15. The molecule has 4 rings (SSSR count). The van der Waals surface area contributed by atoms with Crippen molar-refractivity contribution in [2.75, 3.05) is 13.2 Å². The maximum atomic E-state index is 12.8. The van der Waals surface area contributed by atoms with E-state index in [-0.39, 0.29) is 5.91 Å². The van der Waals surface area contributed by atoms with Crippen molar-refractivity contribution in [2.24, 2.45) is 0 Å². The Balaban J connectivity index is 1.62. The highest BCUT2D eigenvalue weighted by molar-refractivity contribution is 6.00. The highest BCUT2D eigenvalue weighted by atomic mass is 16.5. The van der Waals surface area contributed by atoms with Crippen LogP contribution in [0.5, 0.6) is 0 Å². The van der Waals surface area contributed by atoms with Crippen LogP contribution in [-0.4, -0.2) is 34.5 Å². The quantitative estimate of drug-likeness (QED) is 0.928. The molecule has 1 N–H and O–H groups in total. The van der Waals surface area contributed by atoms with Crippen LogP contribution in [-0.2, 0) is 4.74 Å². The third-order valence-electron chi connectivity index (χ3n) is 5.66. The third kappa shape index (κ3) is 3.43. The second-order valence-corrected chi connectivity index (χ2v) is 7.44. The summed E-state index contributed by atoms with van der Waals surface area (Å²) in [6, 6.07) is 4.38. The van der Waals surface area contributed by atoms with Gasteiger partial charge in [0, 0.05) is 42.8 Å². The van der Waals surface area contributed by atoms with Crippen LogP contribution in [0, 0.1) is 6.92 Å². The van der Waals surface area contributed by atoms with E-state index in [0.717, 1.165) is 55.9 Å². The van der Waals surface area contributed by atoms with Gasteiger partial charge in [-0.3, -0.25) is 4.79 Å². The molecule has 0 aromatic carbocycles. The summed E-state index contributed by atoms with van der Waals surface area (Å²) in [6.45, 7) is 3.68. The van der Waals surface area contributed by atoms with Gasteiger partial charge in [0.2, 0.25) is 0 Å². The molecule has 5 nitrogen and oxygen atoms in total. The monoisotopic (exact) mass is 341 g/mol. The van der Waals surface area contributed by atoms with Gasteiger partial charge in [0.15, 0.2) is 0 Å². The first-order valence-electron chi connectivity index (χ1n) is 9.59. The molecule has 1 amide bonds. The van der Waals surface area contributed by atoms with E-state index in [1.807, 2.05) is 16.7 Å². The number of hydrogen-bond acceptors (Lipinski definition) is 3. The summed E-state index contributed by atoms with van der Waals surface area (Å²) in [5, 5.41) is 3.22. The maximum Gasteiger partial charge on any atom is 0.255 e. The number of amides is 1. The minimum atomic E-state index is 0.0189. The smallest absolute Gasteiger partial charge is 0.255 e. The molecule has 0 unspecified atom stereocenters. The van der Waals surface area contributed by atoms with Crippen LogP contribution in [0.1, 0.15) is 72.6 Å². The minimum Gasteiger partial charge on any atom is -0.381 e. The van der Waals surface area contributed by atoms with Gasteiger partial charge >= 0.3 is 0 Å². The van der Waals surface area contributed by atoms with Gasteiger partial charge in [0.05, 0.1) is 5.56 Å². The Labute approximate surface area is 148 Å². The van der Waals surface area contributed by atoms with Crippen molar-refractivity contribution < 1.29 is 9.53 Å². The summed E-state index contributed by atoms with van der Waals surface area (Å²) >= 11 is 0. The molecule has 3 heterocycles. The zero-order valence-corrected chi connectivity index (χ0v) is 15.0. The van der Waals surface area contributed by atoms with Crippen molar-refractivity contribution in [3.05, 3.63) is 35.3 Å². The Morgan fingerprint density at radius 1 is 1.20 bits per heavy atom. The Kier molecular flexibility index (Phi) is 4.75. The van der Waals surface area contributed by atoms with E-state index in [1.54, 1.807) is 0 Å². The minimum absolute atomic E-state index is 0.0189. The fourth-order valence-electron chi connectivity index (χ4n) is 4.15. The predicted molar refractivity (Wildman–Crippen MR) is 97.1 cm³/mol. The maximum absolute atomic E-state index is 12.8. The van der Waals surface area contributed by atoms with Gasteiger partial charge < -0.3 is 14.5 Å². The van der Waals surface area contributed by atoms with E-state index in [9.17, 15) is 4.79 Å². The summed E-state index contributed by atoms with van der Waals surface area (Å²) in [4.78, 5) is 17.7. The lowest BCUT2D eigenvalue weighted by atomic mass is 9.95. The molecule has 5 heteroatoms. The first kappa shape index (κ1) is 16.6. The zero-order valence-electron chi connectivity index (χ0n) is 15.0. The molecular formula is C20H27N3O2. The van der Waals surface area contributed by atoms with E-state index in [0.29, 0.717) is 17.5 Å². The average molecular weight is 341 g/mol. The van der Waals surface area contributed by atoms with Crippen LogP contribution in [0.15, 0.2) is 18.3 Å². The van der Waals surface area contributed by atoms with E-state index < -0.39 is 0 Å². The summed E-state index contributed by atoms with van der Waals surface area (Å²) < 4.78 is 7.50. The molecule has 2 fully saturated rings. The second kappa shape index (κ2) is 7.16. The third-order valence-corrected chi connectivity index (χ3v) is 5.66. The number of hydrogen-bond donors (Lipinski definition) is 1. The van der Waals surface area contributed by atoms with Crippen molar-refractivity contribution >= 4 is 11.6 Å². The molecule has 0 spiro atoms. The number of fused-ring (bicyclic) bond motifs is 1. The molecule has 0 radical (unpaired) electrons. The van der Waals surface area contributed by atoms with Crippen LogP contribution >= 0.6 is 0 Å². The molecule has 1 aliphatic carbocycles. The van der Waals surface area contributed by atoms with Crippen molar-refractivity contribution in [2.45, 2.75) is 63.8 Å². The van der Waals surface area contributed by atoms with E-state index in [2.05, 4.69) is 18.3 Å². The second-order valence-electron chi connectivity index (χ2n) is 7.44. The number of carbonyl (C=O) groups is 1. The Bertz CT molecular complexity index is 756. The Hall–Kier alpha value is -1.88. The number of nitrogens with one attached hydrogen (secondary N) is 1. The Morgan fingerprint density at radius 2 is 1.96 bits per heavy atom. The first-order valence-corrected chi connectivity index (χ1v) is 9.59. The highest BCUT2D eigenvalue weighted by Crippen LogP contribution is 2.27. The van der Waals surface area contributed by atoms with Crippen molar-refractivity contribution in [3.63, 3.8) is 0 Å². The first-order chi connectivity index (χ1) is 12.2. The molecule has 134 valence electrons. The van der Waals surface area contributed by atoms with Crippen LogP contribution in [0.3, 0.4) is 0 Å². The van der Waals surface area contributed by atoms with Crippen LogP contribution in [0.2, 0.25) is 0 Å². The Morgan fingerprint density at radius 3 is 2.72 bits per heavy atom. The van der Waals surface area contributed by atoms with Gasteiger partial charge in [0.1, 0.15) is 5.65 Å².